The topological polar surface area (TPSA) is 0 Å². The molecule has 0 aliphatic heterocycles. The third kappa shape index (κ3) is 3.65. The fraction of sp³-hybridized carbons (Fsp3) is 0.415. The van der Waals surface area contributed by atoms with Crippen LogP contribution in [0, 0.1) is 18.8 Å². The predicted octanol–water partition coefficient (Wildman–Crippen LogP) is 11.4. The maximum Gasteiger partial charge on any atom is 0.0215 e. The Hall–Kier alpha value is -3.12. The molecule has 2 unspecified atom stereocenters. The number of benzene rings is 4. The summed E-state index contributed by atoms with van der Waals surface area (Å²) in [5, 5.41) is 0. The van der Waals surface area contributed by atoms with Crippen molar-refractivity contribution in [1.29, 1.82) is 0 Å². The molecule has 208 valence electrons. The molecule has 0 heterocycles. The van der Waals surface area contributed by atoms with Crippen molar-refractivity contribution in [3.8, 4) is 33.4 Å². The van der Waals surface area contributed by atoms with E-state index in [1.807, 2.05) is 0 Å². The van der Waals surface area contributed by atoms with E-state index >= 15 is 0 Å². The van der Waals surface area contributed by atoms with Gasteiger partial charge in [0.05, 0.1) is 0 Å². The molecule has 0 radical (unpaired) electrons. The third-order valence-corrected chi connectivity index (χ3v) is 12.1. The van der Waals surface area contributed by atoms with Crippen molar-refractivity contribution in [3.63, 3.8) is 0 Å². The SMILES string of the molecule is Cc1ccc2c(c1)C(C)(C1CCCCC1)c1cc(-c3ccc4c(c3)C(C)(C3CCCCC3)c3ccccc3-4)ccc1-2. The molecule has 0 N–H and O–H groups in total. The molecule has 0 heteroatoms. The van der Waals surface area contributed by atoms with Crippen LogP contribution in [0.5, 0.6) is 0 Å². The van der Waals surface area contributed by atoms with E-state index in [9.17, 15) is 0 Å². The average molecular weight is 537 g/mol. The largest absolute Gasteiger partial charge is 0.0619 e. The first-order chi connectivity index (χ1) is 20.0. The van der Waals surface area contributed by atoms with Crippen LogP contribution in [0.3, 0.4) is 0 Å². The molecule has 4 aromatic rings. The van der Waals surface area contributed by atoms with Crippen molar-refractivity contribution < 1.29 is 0 Å². The Morgan fingerprint density at radius 3 is 1.46 bits per heavy atom. The first kappa shape index (κ1) is 25.6. The molecule has 4 aliphatic rings. The van der Waals surface area contributed by atoms with E-state index in [4.69, 9.17) is 0 Å². The van der Waals surface area contributed by atoms with E-state index < -0.39 is 0 Å². The zero-order valence-electron chi connectivity index (χ0n) is 25.2. The van der Waals surface area contributed by atoms with Gasteiger partial charge in [-0.15, -0.1) is 0 Å². The molecule has 0 aromatic heterocycles. The second-order valence-corrected chi connectivity index (χ2v) is 14.2. The minimum Gasteiger partial charge on any atom is -0.0619 e. The molecule has 4 aromatic carbocycles. The minimum absolute atomic E-state index is 0.0939. The molecule has 0 bridgehead atoms. The first-order valence-electron chi connectivity index (χ1n) is 16.5. The summed E-state index contributed by atoms with van der Waals surface area (Å²) in [6, 6.07) is 31.4. The lowest BCUT2D eigenvalue weighted by molar-refractivity contribution is 0.258. The van der Waals surface area contributed by atoms with Crippen LogP contribution in [0.25, 0.3) is 33.4 Å². The highest BCUT2D eigenvalue weighted by Crippen LogP contribution is 2.58. The van der Waals surface area contributed by atoms with Crippen LogP contribution in [-0.2, 0) is 10.8 Å². The molecule has 2 saturated carbocycles. The van der Waals surface area contributed by atoms with Gasteiger partial charge in [-0.1, -0.05) is 125 Å². The smallest absolute Gasteiger partial charge is 0.0215 e. The van der Waals surface area contributed by atoms with Gasteiger partial charge in [-0.2, -0.15) is 0 Å². The molecule has 41 heavy (non-hydrogen) atoms. The van der Waals surface area contributed by atoms with Gasteiger partial charge in [-0.3, -0.25) is 0 Å². The van der Waals surface area contributed by atoms with Crippen LogP contribution in [0.4, 0.5) is 0 Å². The van der Waals surface area contributed by atoms with E-state index in [-0.39, 0.29) is 10.8 Å². The Bertz CT molecular complexity index is 1640. The third-order valence-electron chi connectivity index (χ3n) is 12.1. The molecule has 2 fully saturated rings. The lowest BCUT2D eigenvalue weighted by Gasteiger charge is -2.39. The van der Waals surface area contributed by atoms with Crippen LogP contribution in [0.2, 0.25) is 0 Å². The van der Waals surface area contributed by atoms with Gasteiger partial charge >= 0.3 is 0 Å². The molecule has 0 saturated heterocycles. The Labute approximate surface area is 247 Å². The maximum atomic E-state index is 2.60. The lowest BCUT2D eigenvalue weighted by atomic mass is 9.64. The van der Waals surface area contributed by atoms with E-state index in [0.29, 0.717) is 0 Å². The summed E-state index contributed by atoms with van der Waals surface area (Å²) < 4.78 is 0. The Morgan fingerprint density at radius 1 is 0.463 bits per heavy atom. The number of hydrogen-bond donors (Lipinski definition) is 0. The van der Waals surface area contributed by atoms with Crippen molar-refractivity contribution in [1.82, 2.24) is 0 Å². The summed E-state index contributed by atoms with van der Waals surface area (Å²) in [5.41, 5.74) is 16.5. The van der Waals surface area contributed by atoms with Crippen LogP contribution >= 0.6 is 0 Å². The standard InChI is InChI=1S/C41H44/c1-27-18-21-33-35-23-20-29(26-39(35)41(3,37(33)24-27)31-14-8-5-9-15-31)28-19-22-34-32-16-10-11-17-36(32)40(2,38(34)25-28)30-12-6-4-7-13-30/h10-11,16-26,30-31H,4-9,12-15H2,1-3H3. The van der Waals surface area contributed by atoms with Crippen LogP contribution in [0.1, 0.15) is 106 Å². The molecule has 2 atom stereocenters. The van der Waals surface area contributed by atoms with Gasteiger partial charge < -0.3 is 0 Å². The van der Waals surface area contributed by atoms with Crippen LogP contribution < -0.4 is 0 Å². The number of aryl methyl sites for hydroxylation is 1. The monoisotopic (exact) mass is 536 g/mol. The highest BCUT2D eigenvalue weighted by atomic mass is 14.5. The Balaban J connectivity index is 1.27. The van der Waals surface area contributed by atoms with Crippen LogP contribution in [0.15, 0.2) is 78.9 Å². The highest BCUT2D eigenvalue weighted by molar-refractivity contribution is 5.87. The van der Waals surface area contributed by atoms with Gasteiger partial charge in [0.15, 0.2) is 0 Å². The predicted molar refractivity (Wildman–Crippen MR) is 174 cm³/mol. The molecule has 8 rings (SSSR count). The van der Waals surface area contributed by atoms with Crippen molar-refractivity contribution in [2.75, 3.05) is 0 Å². The molecular weight excluding hydrogens is 492 g/mol. The normalized spacial score (nSPS) is 25.4. The van der Waals surface area contributed by atoms with Crippen molar-refractivity contribution in [3.05, 3.63) is 107 Å². The summed E-state index contributed by atoms with van der Waals surface area (Å²) in [6.07, 6.45) is 13.7. The van der Waals surface area contributed by atoms with Gasteiger partial charge in [-0.25, -0.2) is 0 Å². The Kier molecular flexibility index (Phi) is 5.90. The summed E-state index contributed by atoms with van der Waals surface area (Å²) in [4.78, 5) is 0. The molecule has 0 spiro atoms. The number of rotatable bonds is 3. The molecule has 4 aliphatic carbocycles. The zero-order valence-corrected chi connectivity index (χ0v) is 25.2. The van der Waals surface area contributed by atoms with E-state index in [1.165, 1.54) is 103 Å². The maximum absolute atomic E-state index is 2.60. The van der Waals surface area contributed by atoms with Crippen molar-refractivity contribution in [2.24, 2.45) is 11.8 Å². The summed E-state index contributed by atoms with van der Waals surface area (Å²) in [5.74, 6) is 1.44. The van der Waals surface area contributed by atoms with Gasteiger partial charge in [0.1, 0.15) is 0 Å². The molecular formula is C41H44. The van der Waals surface area contributed by atoms with Gasteiger partial charge in [-0.05, 0) is 112 Å². The summed E-state index contributed by atoms with van der Waals surface area (Å²) in [7, 11) is 0. The first-order valence-corrected chi connectivity index (χ1v) is 16.5. The summed E-state index contributed by atoms with van der Waals surface area (Å²) >= 11 is 0. The quantitative estimate of drug-likeness (QED) is 0.244. The Morgan fingerprint density at radius 2 is 0.902 bits per heavy atom. The van der Waals surface area contributed by atoms with Gasteiger partial charge in [0.25, 0.3) is 0 Å². The van der Waals surface area contributed by atoms with E-state index in [2.05, 4.69) is 99.6 Å². The van der Waals surface area contributed by atoms with E-state index in [1.54, 1.807) is 22.3 Å². The molecule has 0 nitrogen and oxygen atoms in total. The van der Waals surface area contributed by atoms with E-state index in [0.717, 1.165) is 11.8 Å². The second kappa shape index (κ2) is 9.45. The second-order valence-electron chi connectivity index (χ2n) is 14.2. The number of fused-ring (bicyclic) bond motifs is 6. The van der Waals surface area contributed by atoms with Crippen molar-refractivity contribution >= 4 is 0 Å². The average Bonchev–Trinajstić information content (AvgIpc) is 3.44. The fourth-order valence-electron chi connectivity index (χ4n) is 9.80. The molecule has 0 amide bonds. The zero-order chi connectivity index (χ0) is 27.8. The summed E-state index contributed by atoms with van der Waals surface area (Å²) in [6.45, 7) is 7.41. The number of hydrogen-bond acceptors (Lipinski definition) is 0. The van der Waals surface area contributed by atoms with Crippen LogP contribution in [-0.4, -0.2) is 0 Å². The fourth-order valence-corrected chi connectivity index (χ4v) is 9.80. The highest BCUT2D eigenvalue weighted by Gasteiger charge is 2.47. The van der Waals surface area contributed by atoms with Gasteiger partial charge in [0, 0.05) is 10.8 Å². The van der Waals surface area contributed by atoms with Gasteiger partial charge in [0.2, 0.25) is 0 Å². The lowest BCUT2D eigenvalue weighted by Crippen LogP contribution is -2.33. The van der Waals surface area contributed by atoms with Crippen molar-refractivity contribution in [2.45, 2.75) is 95.8 Å². The minimum atomic E-state index is 0.0939.